The van der Waals surface area contributed by atoms with Gasteiger partial charge in [-0.3, -0.25) is 4.79 Å². The number of carbonyl (C=O) groups excluding carboxylic acids is 1. The zero-order chi connectivity index (χ0) is 15.0. The van der Waals surface area contributed by atoms with E-state index in [1.54, 1.807) is 11.8 Å². The van der Waals surface area contributed by atoms with Gasteiger partial charge in [0.05, 0.1) is 11.9 Å². The third-order valence-corrected chi connectivity index (χ3v) is 5.82. The minimum atomic E-state index is 0.0609. The largest absolute Gasteiger partial charge is 0.377 e. The lowest BCUT2D eigenvalue weighted by Gasteiger charge is -2.54. The van der Waals surface area contributed by atoms with Crippen molar-refractivity contribution in [2.24, 2.45) is 11.3 Å². The van der Waals surface area contributed by atoms with E-state index in [2.05, 4.69) is 50.4 Å². The predicted molar refractivity (Wildman–Crippen MR) is 85.5 cm³/mol. The van der Waals surface area contributed by atoms with Crippen LogP contribution in [0.25, 0.3) is 0 Å². The number of aryl methyl sites for hydroxylation is 1. The standard InChI is InChI=1S/C17H23NO2S/c1-11-4-6-12(7-5-11)21-10-14(19)18-15-13-8-9-20-16(13)17(15,2)3/h4-7,13,15-16H,8-10H2,1-3H3,(H,18,19)/t13-,15-,16-/m1/s1. The number of thioether (sulfide) groups is 1. The van der Waals surface area contributed by atoms with Crippen LogP contribution in [0.4, 0.5) is 0 Å². The summed E-state index contributed by atoms with van der Waals surface area (Å²) in [5, 5.41) is 3.22. The van der Waals surface area contributed by atoms with Crippen molar-refractivity contribution < 1.29 is 9.53 Å². The minimum absolute atomic E-state index is 0.0609. The molecule has 0 unspecified atom stereocenters. The summed E-state index contributed by atoms with van der Waals surface area (Å²) in [7, 11) is 0. The first-order valence-electron chi connectivity index (χ1n) is 7.59. The fourth-order valence-electron chi connectivity index (χ4n) is 3.62. The highest BCUT2D eigenvalue weighted by molar-refractivity contribution is 8.00. The van der Waals surface area contributed by atoms with E-state index in [4.69, 9.17) is 4.74 Å². The van der Waals surface area contributed by atoms with E-state index in [0.29, 0.717) is 17.8 Å². The van der Waals surface area contributed by atoms with Gasteiger partial charge in [-0.05, 0) is 25.5 Å². The molecule has 1 aromatic rings. The highest BCUT2D eigenvalue weighted by atomic mass is 32.2. The Labute approximate surface area is 130 Å². The number of benzene rings is 1. The van der Waals surface area contributed by atoms with Gasteiger partial charge in [-0.15, -0.1) is 11.8 Å². The van der Waals surface area contributed by atoms with E-state index >= 15 is 0 Å². The van der Waals surface area contributed by atoms with Crippen LogP contribution >= 0.6 is 11.8 Å². The normalized spacial score (nSPS) is 29.6. The van der Waals surface area contributed by atoms with E-state index in [-0.39, 0.29) is 17.4 Å². The van der Waals surface area contributed by atoms with Gasteiger partial charge in [0.1, 0.15) is 0 Å². The predicted octanol–water partition coefficient (Wildman–Crippen LogP) is 3.02. The molecule has 1 aromatic carbocycles. The summed E-state index contributed by atoms with van der Waals surface area (Å²) in [5.41, 5.74) is 1.30. The molecule has 0 bridgehead atoms. The number of rotatable bonds is 4. The molecule has 1 aliphatic carbocycles. The van der Waals surface area contributed by atoms with Crippen molar-refractivity contribution in [3.8, 4) is 0 Å². The smallest absolute Gasteiger partial charge is 0.230 e. The Morgan fingerprint density at radius 3 is 2.81 bits per heavy atom. The molecule has 1 aliphatic heterocycles. The van der Waals surface area contributed by atoms with Crippen LogP contribution in [-0.2, 0) is 9.53 Å². The van der Waals surface area contributed by atoms with E-state index in [0.717, 1.165) is 17.9 Å². The summed E-state index contributed by atoms with van der Waals surface area (Å²) in [4.78, 5) is 13.3. The Kier molecular flexibility index (Phi) is 4.02. The second kappa shape index (κ2) is 5.65. The van der Waals surface area contributed by atoms with Gasteiger partial charge < -0.3 is 10.1 Å². The van der Waals surface area contributed by atoms with E-state index in [1.165, 1.54) is 5.56 Å². The number of ether oxygens (including phenoxy) is 1. The molecular formula is C17H23NO2S. The van der Waals surface area contributed by atoms with Crippen LogP contribution in [0.3, 0.4) is 0 Å². The molecule has 4 heteroatoms. The van der Waals surface area contributed by atoms with Crippen LogP contribution in [0.15, 0.2) is 29.2 Å². The first-order chi connectivity index (χ1) is 9.98. The van der Waals surface area contributed by atoms with Gasteiger partial charge >= 0.3 is 0 Å². The maximum absolute atomic E-state index is 12.2. The SMILES string of the molecule is Cc1ccc(SCC(=O)N[C@@H]2[C@H]3CCO[C@H]3C2(C)C)cc1. The molecular weight excluding hydrogens is 282 g/mol. The number of hydrogen-bond acceptors (Lipinski definition) is 3. The minimum Gasteiger partial charge on any atom is -0.377 e. The molecule has 3 atom stereocenters. The van der Waals surface area contributed by atoms with Gasteiger partial charge in [0.25, 0.3) is 0 Å². The summed E-state index contributed by atoms with van der Waals surface area (Å²) >= 11 is 1.60. The van der Waals surface area contributed by atoms with Gasteiger partial charge in [0, 0.05) is 28.9 Å². The zero-order valence-corrected chi connectivity index (χ0v) is 13.7. The number of fused-ring (bicyclic) bond motifs is 1. The van der Waals surface area contributed by atoms with Gasteiger partial charge in [0.15, 0.2) is 0 Å². The van der Waals surface area contributed by atoms with E-state index in [9.17, 15) is 4.79 Å². The Morgan fingerprint density at radius 2 is 2.10 bits per heavy atom. The molecule has 0 aromatic heterocycles. The van der Waals surface area contributed by atoms with Crippen LogP contribution in [-0.4, -0.2) is 30.4 Å². The monoisotopic (exact) mass is 305 g/mol. The summed E-state index contributed by atoms with van der Waals surface area (Å²) in [6, 6.07) is 8.56. The van der Waals surface area contributed by atoms with Crippen LogP contribution in [0.1, 0.15) is 25.8 Å². The summed E-state index contributed by atoms with van der Waals surface area (Å²) in [6.07, 6.45) is 1.40. The van der Waals surface area contributed by atoms with Crippen molar-refractivity contribution in [2.45, 2.75) is 44.2 Å². The molecule has 1 heterocycles. The maximum Gasteiger partial charge on any atom is 0.230 e. The summed E-state index contributed by atoms with van der Waals surface area (Å²) < 4.78 is 5.76. The van der Waals surface area contributed by atoms with Gasteiger partial charge in [-0.25, -0.2) is 0 Å². The third-order valence-electron chi connectivity index (χ3n) is 4.81. The second-order valence-electron chi connectivity index (χ2n) is 6.71. The molecule has 1 N–H and O–H groups in total. The topological polar surface area (TPSA) is 38.3 Å². The van der Waals surface area contributed by atoms with Gasteiger partial charge in [-0.2, -0.15) is 0 Å². The molecule has 1 amide bonds. The first kappa shape index (κ1) is 14.9. The Balaban J connectivity index is 1.51. The van der Waals surface area contributed by atoms with Crippen LogP contribution < -0.4 is 5.32 Å². The Morgan fingerprint density at radius 1 is 1.38 bits per heavy atom. The van der Waals surface area contributed by atoms with Crippen molar-refractivity contribution >= 4 is 17.7 Å². The van der Waals surface area contributed by atoms with E-state index in [1.807, 2.05) is 0 Å². The third kappa shape index (κ3) is 2.84. The van der Waals surface area contributed by atoms with Crippen LogP contribution in [0.5, 0.6) is 0 Å². The van der Waals surface area contributed by atoms with Gasteiger partial charge in [0.2, 0.25) is 5.91 Å². The number of amides is 1. The van der Waals surface area contributed by atoms with Crippen molar-refractivity contribution in [3.05, 3.63) is 29.8 Å². The average molecular weight is 305 g/mol. The average Bonchev–Trinajstić information content (AvgIpc) is 2.91. The van der Waals surface area contributed by atoms with E-state index < -0.39 is 0 Å². The molecule has 2 fully saturated rings. The molecule has 114 valence electrons. The van der Waals surface area contributed by atoms with Gasteiger partial charge in [-0.1, -0.05) is 31.5 Å². The molecule has 1 saturated heterocycles. The first-order valence-corrected chi connectivity index (χ1v) is 8.57. The fourth-order valence-corrected chi connectivity index (χ4v) is 4.33. The lowest BCUT2D eigenvalue weighted by Crippen LogP contribution is -2.66. The highest BCUT2D eigenvalue weighted by Gasteiger charge is 2.59. The Bertz CT molecular complexity index is 526. The fraction of sp³-hybridized carbons (Fsp3) is 0.588. The van der Waals surface area contributed by atoms with Crippen LogP contribution in [0.2, 0.25) is 0 Å². The molecule has 2 aliphatic rings. The lowest BCUT2D eigenvalue weighted by atomic mass is 9.57. The van der Waals surface area contributed by atoms with Crippen molar-refractivity contribution in [3.63, 3.8) is 0 Å². The molecule has 21 heavy (non-hydrogen) atoms. The Hall–Kier alpha value is -1.00. The summed E-state index contributed by atoms with van der Waals surface area (Å²) in [5.74, 6) is 1.12. The molecule has 3 rings (SSSR count). The summed E-state index contributed by atoms with van der Waals surface area (Å²) in [6.45, 7) is 7.29. The molecule has 0 radical (unpaired) electrons. The zero-order valence-electron chi connectivity index (χ0n) is 12.9. The number of hydrogen-bond donors (Lipinski definition) is 1. The molecule has 0 spiro atoms. The van der Waals surface area contributed by atoms with Crippen molar-refractivity contribution in [1.82, 2.24) is 5.32 Å². The van der Waals surface area contributed by atoms with Crippen LogP contribution in [0, 0.1) is 18.3 Å². The number of nitrogens with one attached hydrogen (secondary N) is 1. The van der Waals surface area contributed by atoms with Crippen molar-refractivity contribution in [2.75, 3.05) is 12.4 Å². The van der Waals surface area contributed by atoms with Crippen molar-refractivity contribution in [1.29, 1.82) is 0 Å². The number of carbonyl (C=O) groups is 1. The maximum atomic E-state index is 12.2. The quantitative estimate of drug-likeness (QED) is 0.869. The lowest BCUT2D eigenvalue weighted by molar-refractivity contribution is -0.135. The molecule has 1 saturated carbocycles. The highest BCUT2D eigenvalue weighted by Crippen LogP contribution is 2.52. The second-order valence-corrected chi connectivity index (χ2v) is 7.76. The molecule has 3 nitrogen and oxygen atoms in total.